The number of carbonyl (C=O) groups excluding carboxylic acids is 13. The summed E-state index contributed by atoms with van der Waals surface area (Å²) in [6.07, 6.45) is -1.22. The highest BCUT2D eigenvalue weighted by Gasteiger charge is 2.41. The fraction of sp³-hybridized carbons (Fsp3) is 0.567. The van der Waals surface area contributed by atoms with E-state index in [0.29, 0.717) is 17.5 Å². The van der Waals surface area contributed by atoms with Crippen LogP contribution < -0.4 is 104 Å². The first-order valence-corrected chi connectivity index (χ1v) is 36.3. The van der Waals surface area contributed by atoms with Gasteiger partial charge in [-0.1, -0.05) is 56.3 Å². The molecule has 0 radical (unpaired) electrons. The highest BCUT2D eigenvalue weighted by atomic mass is 32.2. The van der Waals surface area contributed by atoms with Crippen LogP contribution in [0.1, 0.15) is 115 Å². The summed E-state index contributed by atoms with van der Waals surface area (Å²) in [5.41, 5.74) is 46.0. The molecule has 11 atom stereocenters. The van der Waals surface area contributed by atoms with E-state index in [4.69, 9.17) is 45.9 Å². The van der Waals surface area contributed by atoms with Crippen LogP contribution in [-0.2, 0) is 80.0 Å². The molecular weight excluding hydrogens is 1410 g/mol. The molecule has 2 heterocycles. The number of aliphatic carboxylic acids is 1. The molecule has 13 amide bonds. The van der Waals surface area contributed by atoms with Gasteiger partial charge in [-0.05, 0) is 120 Å². The van der Waals surface area contributed by atoms with Gasteiger partial charge in [-0.3, -0.25) is 82.1 Å². The van der Waals surface area contributed by atoms with E-state index in [1.54, 1.807) is 44.2 Å². The van der Waals surface area contributed by atoms with Crippen LogP contribution in [0.3, 0.4) is 0 Å². The van der Waals surface area contributed by atoms with Gasteiger partial charge in [-0.25, -0.2) is 0 Å². The molecule has 29 N–H and O–H groups in total. The second-order valence-corrected chi connectivity index (χ2v) is 27.2. The molecule has 2 aromatic rings. The fourth-order valence-corrected chi connectivity index (χ4v) is 12.2. The average molecular weight is 1520 g/mol. The summed E-state index contributed by atoms with van der Waals surface area (Å²) in [5.74, 6) is -15.8. The zero-order valence-corrected chi connectivity index (χ0v) is 61.1. The van der Waals surface area contributed by atoms with Crippen molar-refractivity contribution in [2.24, 2.45) is 66.8 Å². The van der Waals surface area contributed by atoms with Gasteiger partial charge in [0.15, 0.2) is 17.9 Å². The number of fused-ring (bicyclic) bond motifs is 1. The number of phenols is 1. The van der Waals surface area contributed by atoms with Gasteiger partial charge in [0, 0.05) is 44.8 Å². The number of hydrogen-bond donors (Lipinski definition) is 21. The first kappa shape index (κ1) is 88.3. The maximum absolute atomic E-state index is 15.1. The van der Waals surface area contributed by atoms with E-state index in [1.807, 2.05) is 0 Å². The van der Waals surface area contributed by atoms with Crippen molar-refractivity contribution in [2.45, 2.75) is 184 Å². The van der Waals surface area contributed by atoms with Gasteiger partial charge in [0.05, 0.1) is 18.7 Å². The van der Waals surface area contributed by atoms with E-state index in [1.165, 1.54) is 36.1 Å². The molecule has 0 unspecified atom stereocenters. The summed E-state index contributed by atoms with van der Waals surface area (Å²) in [7, 11) is 0. The Labute approximate surface area is 623 Å². The van der Waals surface area contributed by atoms with Crippen LogP contribution in [0.4, 0.5) is 0 Å². The predicted octanol–water partition coefficient (Wildman–Crippen LogP) is -6.80. The van der Waals surface area contributed by atoms with Crippen molar-refractivity contribution in [3.63, 3.8) is 0 Å². The number of rotatable bonds is 25. The van der Waals surface area contributed by atoms with E-state index >= 15 is 9.59 Å². The molecular formula is C67H105N23O16S. The Kier molecular flexibility index (Phi) is 38.0. The molecule has 0 aliphatic carbocycles. The van der Waals surface area contributed by atoms with Crippen LogP contribution in [0, 0.1) is 5.92 Å². The number of guanidine groups is 3. The van der Waals surface area contributed by atoms with Crippen LogP contribution in [0.15, 0.2) is 69.6 Å². The van der Waals surface area contributed by atoms with E-state index in [0.717, 1.165) is 11.8 Å². The Morgan fingerprint density at radius 2 is 0.972 bits per heavy atom. The Morgan fingerprint density at radius 3 is 1.50 bits per heavy atom. The van der Waals surface area contributed by atoms with Crippen molar-refractivity contribution in [1.82, 2.24) is 63.4 Å². The molecule has 2 aliphatic heterocycles. The number of carbonyl (C=O) groups is 14. The standard InChI is InChI=1S/C67H105N23O16S/c1-36(2)29-45-59(101)84-43(17-10-26-77-66(72)73)58(100)88-47(30-38-13-5-4-6-14-38)61(103)86-44(18-11-27-78-67(74)75)64(106)90-28-12-19-50(90)63(105)85-41(15-7-8-24-68)57(99)89-48(32-53(94)95)62(104)83-42(16-9-25-76-65(70)71)56(98)80-37(3)55(97)79-33-51(92)82-49(54(69)96)34-107-35-52(93)81-46(60(102)87-45)31-39-20-22-40(91)23-21-39/h4-6,13-14,20-23,36-37,41-50,91H,7-12,15-19,24-35,68H2,1-3H3,(H2,69,96)(H,79,97)(H,80,98)(H,81,93)(H,82,92)(H,83,104)(H,84,101)(H,85,105)(H,86,103)(H,87,102)(H,88,100)(H,89,99)(H,94,95)(H4,70,71,76)(H4,72,73,77)(H4,74,75,78)/t37-,41-,42-,43-,44-,45-,46-,47-,48-,49-,50-/m0/s1. The molecule has 590 valence electrons. The minimum absolute atomic E-state index is 0.00843. The molecule has 2 aliphatic rings. The van der Waals surface area contributed by atoms with Crippen LogP contribution in [0.25, 0.3) is 0 Å². The number of nitrogens with zero attached hydrogens (tertiary/aromatic N) is 4. The van der Waals surface area contributed by atoms with E-state index in [9.17, 15) is 67.7 Å². The van der Waals surface area contributed by atoms with Gasteiger partial charge in [0.2, 0.25) is 76.8 Å². The zero-order chi connectivity index (χ0) is 79.3. The highest BCUT2D eigenvalue weighted by molar-refractivity contribution is 8.00. The monoisotopic (exact) mass is 1520 g/mol. The molecule has 107 heavy (non-hydrogen) atoms. The van der Waals surface area contributed by atoms with E-state index < -0.39 is 168 Å². The molecule has 2 aromatic carbocycles. The summed E-state index contributed by atoms with van der Waals surface area (Å²) in [6.45, 7) is 3.91. The first-order chi connectivity index (χ1) is 50.7. The van der Waals surface area contributed by atoms with Crippen LogP contribution in [-0.4, -0.2) is 233 Å². The molecule has 4 rings (SSSR count). The van der Waals surface area contributed by atoms with Gasteiger partial charge >= 0.3 is 5.97 Å². The summed E-state index contributed by atoms with van der Waals surface area (Å²) < 4.78 is 0. The van der Waals surface area contributed by atoms with Gasteiger partial charge in [-0.15, -0.1) is 11.8 Å². The summed E-state index contributed by atoms with van der Waals surface area (Å²) in [5, 5.41) is 48.3. The highest BCUT2D eigenvalue weighted by Crippen LogP contribution is 2.22. The number of nitrogens with two attached hydrogens (primary N) is 8. The van der Waals surface area contributed by atoms with Crippen LogP contribution >= 0.6 is 11.8 Å². The quantitative estimate of drug-likeness (QED) is 0.0250. The lowest BCUT2D eigenvalue weighted by atomic mass is 10.00. The number of carboxylic acids is 1. The van der Waals surface area contributed by atoms with Crippen molar-refractivity contribution < 1.29 is 77.3 Å². The largest absolute Gasteiger partial charge is 0.508 e. The van der Waals surface area contributed by atoms with Crippen molar-refractivity contribution >= 4 is 112 Å². The van der Waals surface area contributed by atoms with Crippen LogP contribution in [0.5, 0.6) is 5.75 Å². The fourth-order valence-electron chi connectivity index (χ4n) is 11.3. The number of carboxylic acid groups (broad SMARTS) is 1. The third-order valence-electron chi connectivity index (χ3n) is 16.8. The number of aliphatic imine (C=N–C) groups is 3. The van der Waals surface area contributed by atoms with Crippen molar-refractivity contribution in [2.75, 3.05) is 50.8 Å². The second kappa shape index (κ2) is 46.0. The maximum atomic E-state index is 15.1. The van der Waals surface area contributed by atoms with Crippen molar-refractivity contribution in [1.29, 1.82) is 0 Å². The first-order valence-electron chi connectivity index (χ1n) is 35.1. The number of aromatic hydroxyl groups is 1. The Bertz CT molecular complexity index is 3470. The second-order valence-electron chi connectivity index (χ2n) is 26.1. The average Bonchev–Trinajstić information content (AvgIpc) is 1.77. The lowest BCUT2D eigenvalue weighted by Gasteiger charge is -2.31. The molecule has 2 saturated heterocycles. The SMILES string of the molecule is CC(C)C[C@@H]1NC(=O)[C@H](Cc2ccc(O)cc2)NC(=O)CSC[C@@H](C(N)=O)NC(=O)CNC(=O)[C@H](C)NC(=O)[C@H](CCCN=C(N)N)NC(=O)[C@H](CC(=O)O)NC(=O)[C@H](CCCCN)NC(=O)[C@@H]2CCCN2C(=O)[C@H](CCCN=C(N)N)NC(=O)[C@H](Cc2ccccc2)NC(=O)[C@H](CCCN=C(N)N)NC1=O. The van der Waals surface area contributed by atoms with Gasteiger partial charge < -0.3 is 119 Å². The van der Waals surface area contributed by atoms with Crippen molar-refractivity contribution in [3.8, 4) is 5.75 Å². The normalized spacial score (nSPS) is 23.6. The molecule has 0 bridgehead atoms. The minimum atomic E-state index is -1.93. The summed E-state index contributed by atoms with van der Waals surface area (Å²) in [6, 6.07) is -2.38. The van der Waals surface area contributed by atoms with E-state index in [2.05, 4.69) is 73.5 Å². The smallest absolute Gasteiger partial charge is 0.305 e. The number of unbranched alkanes of at least 4 members (excludes halogenated alkanes) is 1. The van der Waals surface area contributed by atoms with Gasteiger partial charge in [0.1, 0.15) is 72.2 Å². The molecule has 0 saturated carbocycles. The lowest BCUT2D eigenvalue weighted by Crippen LogP contribution is -2.61. The van der Waals surface area contributed by atoms with E-state index in [-0.39, 0.29) is 151 Å². The number of phenolic OH excluding ortho intramolecular Hbond substituents is 1. The third kappa shape index (κ3) is 32.9. The molecule has 0 spiro atoms. The Morgan fingerprint density at radius 1 is 0.523 bits per heavy atom. The van der Waals surface area contributed by atoms with Crippen molar-refractivity contribution in [3.05, 3.63) is 65.7 Å². The Hall–Kier alpha value is -11.1. The molecule has 39 nitrogen and oxygen atoms in total. The molecule has 40 heteroatoms. The zero-order valence-electron chi connectivity index (χ0n) is 60.3. The maximum Gasteiger partial charge on any atom is 0.305 e. The van der Waals surface area contributed by atoms with Gasteiger partial charge in [0.25, 0.3) is 0 Å². The number of nitrogens with one attached hydrogen (secondary N) is 11. The number of hydrogen-bond acceptors (Lipinski definition) is 20. The predicted molar refractivity (Wildman–Crippen MR) is 396 cm³/mol. The molecule has 0 aromatic heterocycles. The molecule has 2 fully saturated rings. The number of amides is 13. The minimum Gasteiger partial charge on any atom is -0.508 e. The number of benzene rings is 2. The van der Waals surface area contributed by atoms with Crippen LogP contribution in [0.2, 0.25) is 0 Å². The topological polar surface area (TPSA) is 660 Å². The summed E-state index contributed by atoms with van der Waals surface area (Å²) >= 11 is 0.811. The lowest BCUT2D eigenvalue weighted by molar-refractivity contribution is -0.143. The number of thioether (sulfide) groups is 1. The Balaban J connectivity index is 1.86. The van der Waals surface area contributed by atoms with Gasteiger partial charge in [-0.2, -0.15) is 0 Å². The third-order valence-corrected chi connectivity index (χ3v) is 17.8. The number of primary amides is 1. The summed E-state index contributed by atoms with van der Waals surface area (Å²) in [4.78, 5) is 211.